The molecule has 0 aliphatic rings. The second-order valence-electron chi connectivity index (χ2n) is 2.53. The Morgan fingerprint density at radius 3 is 2.60 bits per heavy atom. The molecule has 0 radical (unpaired) electrons. The van der Waals surface area contributed by atoms with E-state index in [1.165, 1.54) is 0 Å². The van der Waals surface area contributed by atoms with Crippen LogP contribution in [0.15, 0.2) is 6.07 Å². The van der Waals surface area contributed by atoms with Crippen LogP contribution in [0.5, 0.6) is 0 Å². The van der Waals surface area contributed by atoms with Crippen molar-refractivity contribution in [3.8, 4) is 0 Å². The van der Waals surface area contributed by atoms with E-state index in [9.17, 15) is 23.3 Å². The van der Waals surface area contributed by atoms with E-state index in [0.717, 1.165) is 0 Å². The largest absolute Gasteiger partial charge is 0.324 e. The summed E-state index contributed by atoms with van der Waals surface area (Å²) in [6.45, 7) is 0. The monoisotopic (exact) mass is 240 g/mol. The second kappa shape index (κ2) is 4.43. The highest BCUT2D eigenvalue weighted by Gasteiger charge is 2.23. The molecule has 0 saturated heterocycles. The molecule has 15 heavy (non-hydrogen) atoms. The third-order valence-corrected chi connectivity index (χ3v) is 1.88. The average Bonchev–Trinajstić information content (AvgIpc) is 2.16. The molecule has 0 saturated carbocycles. The molecule has 0 fully saturated rings. The zero-order valence-electron chi connectivity index (χ0n) is 7.08. The molecule has 82 valence electrons. The van der Waals surface area contributed by atoms with Crippen LogP contribution >= 0.6 is 11.6 Å². The van der Waals surface area contributed by atoms with Crippen LogP contribution in [0, 0.1) is 16.1 Å². The van der Waals surface area contributed by atoms with Crippen molar-refractivity contribution in [2.45, 2.75) is 12.3 Å². The minimum atomic E-state index is -2.98. The third-order valence-electron chi connectivity index (χ3n) is 1.63. The van der Waals surface area contributed by atoms with Gasteiger partial charge in [0.1, 0.15) is 0 Å². The number of hydrogen-bond acceptors (Lipinski definition) is 3. The van der Waals surface area contributed by atoms with E-state index in [1.54, 1.807) is 0 Å². The maximum atomic E-state index is 12.9. The number of nitro groups is 1. The standard InChI is InChI=1S/C7H4ClF3N2O2/c8-2-4-3(6(9)10)1-5(13(14)15)7(11)12-4/h1,6H,2H2. The van der Waals surface area contributed by atoms with Crippen LogP contribution in [0.25, 0.3) is 0 Å². The van der Waals surface area contributed by atoms with Crippen molar-refractivity contribution >= 4 is 17.3 Å². The molecule has 0 spiro atoms. The highest BCUT2D eigenvalue weighted by molar-refractivity contribution is 6.17. The van der Waals surface area contributed by atoms with Crippen molar-refractivity contribution in [1.29, 1.82) is 0 Å². The first kappa shape index (κ1) is 11.7. The Bertz CT molecular complexity index is 400. The van der Waals surface area contributed by atoms with Gasteiger partial charge in [0, 0.05) is 11.6 Å². The van der Waals surface area contributed by atoms with Gasteiger partial charge in [0.2, 0.25) is 0 Å². The van der Waals surface area contributed by atoms with Gasteiger partial charge in [-0.3, -0.25) is 10.1 Å². The summed E-state index contributed by atoms with van der Waals surface area (Å²) >= 11 is 5.25. The minimum absolute atomic E-state index is 0.394. The summed E-state index contributed by atoms with van der Waals surface area (Å²) in [6, 6.07) is 0.449. The number of pyridine rings is 1. The fourth-order valence-electron chi connectivity index (χ4n) is 0.954. The quantitative estimate of drug-likeness (QED) is 0.353. The van der Waals surface area contributed by atoms with Gasteiger partial charge in [0.05, 0.1) is 16.5 Å². The van der Waals surface area contributed by atoms with Crippen molar-refractivity contribution in [2.75, 3.05) is 0 Å². The predicted octanol–water partition coefficient (Wildman–Crippen LogP) is 2.81. The summed E-state index contributed by atoms with van der Waals surface area (Å²) in [6.07, 6.45) is -2.98. The molecule has 0 aliphatic heterocycles. The van der Waals surface area contributed by atoms with Crippen LogP contribution in [0.2, 0.25) is 0 Å². The Morgan fingerprint density at radius 1 is 1.60 bits per heavy atom. The van der Waals surface area contributed by atoms with Gasteiger partial charge < -0.3 is 0 Å². The van der Waals surface area contributed by atoms with E-state index < -0.39 is 40.1 Å². The summed E-state index contributed by atoms with van der Waals surface area (Å²) in [5.41, 5.74) is -2.20. The number of halogens is 4. The van der Waals surface area contributed by atoms with Crippen molar-refractivity contribution in [3.63, 3.8) is 0 Å². The van der Waals surface area contributed by atoms with Gasteiger partial charge >= 0.3 is 5.69 Å². The maximum Gasteiger partial charge on any atom is 0.324 e. The lowest BCUT2D eigenvalue weighted by Crippen LogP contribution is -2.03. The van der Waals surface area contributed by atoms with Gasteiger partial charge in [-0.15, -0.1) is 11.6 Å². The minimum Gasteiger partial charge on any atom is -0.258 e. The molecule has 8 heteroatoms. The van der Waals surface area contributed by atoms with Gasteiger partial charge in [-0.2, -0.15) is 4.39 Å². The first-order chi connectivity index (χ1) is 6.97. The Hall–Kier alpha value is -1.37. The first-order valence-electron chi connectivity index (χ1n) is 3.65. The molecule has 1 aromatic rings. The highest BCUT2D eigenvalue weighted by Crippen LogP contribution is 2.28. The first-order valence-corrected chi connectivity index (χ1v) is 4.18. The smallest absolute Gasteiger partial charge is 0.258 e. The van der Waals surface area contributed by atoms with Crippen LogP contribution in [0.1, 0.15) is 17.7 Å². The number of alkyl halides is 3. The van der Waals surface area contributed by atoms with Crippen LogP contribution in [-0.2, 0) is 5.88 Å². The zero-order valence-corrected chi connectivity index (χ0v) is 7.84. The van der Waals surface area contributed by atoms with E-state index >= 15 is 0 Å². The molecule has 0 bridgehead atoms. The summed E-state index contributed by atoms with van der Waals surface area (Å²) in [4.78, 5) is 12.1. The van der Waals surface area contributed by atoms with Crippen LogP contribution in [-0.4, -0.2) is 9.91 Å². The Balaban J connectivity index is 3.37. The van der Waals surface area contributed by atoms with Crippen LogP contribution in [0.4, 0.5) is 18.9 Å². The molecular weight excluding hydrogens is 237 g/mol. The Kier molecular flexibility index (Phi) is 3.46. The molecule has 0 atom stereocenters. The lowest BCUT2D eigenvalue weighted by Gasteiger charge is -2.04. The zero-order chi connectivity index (χ0) is 11.6. The topological polar surface area (TPSA) is 56.0 Å². The molecule has 0 unspecified atom stereocenters. The van der Waals surface area contributed by atoms with Gasteiger partial charge in [0.15, 0.2) is 0 Å². The number of rotatable bonds is 3. The lowest BCUT2D eigenvalue weighted by atomic mass is 10.2. The van der Waals surface area contributed by atoms with E-state index in [-0.39, 0.29) is 0 Å². The number of nitrogens with zero attached hydrogens (tertiary/aromatic N) is 2. The molecule has 0 amide bonds. The van der Waals surface area contributed by atoms with Crippen molar-refractivity contribution in [3.05, 3.63) is 33.4 Å². The second-order valence-corrected chi connectivity index (χ2v) is 2.79. The Morgan fingerprint density at radius 2 is 2.20 bits per heavy atom. The molecule has 1 heterocycles. The van der Waals surface area contributed by atoms with Gasteiger partial charge in [-0.05, 0) is 0 Å². The molecular formula is C7H4ClF3N2O2. The van der Waals surface area contributed by atoms with Crippen molar-refractivity contribution in [1.82, 2.24) is 4.98 Å². The van der Waals surface area contributed by atoms with Crippen LogP contribution in [0.3, 0.4) is 0 Å². The fraction of sp³-hybridized carbons (Fsp3) is 0.286. The molecule has 0 aromatic carbocycles. The fourth-order valence-corrected chi connectivity index (χ4v) is 1.17. The highest BCUT2D eigenvalue weighted by atomic mass is 35.5. The van der Waals surface area contributed by atoms with Crippen molar-refractivity contribution in [2.24, 2.45) is 0 Å². The van der Waals surface area contributed by atoms with Gasteiger partial charge in [-0.25, -0.2) is 13.8 Å². The molecule has 1 aromatic heterocycles. The van der Waals surface area contributed by atoms with Crippen LogP contribution < -0.4 is 0 Å². The van der Waals surface area contributed by atoms with Gasteiger partial charge in [-0.1, -0.05) is 0 Å². The average molecular weight is 241 g/mol. The van der Waals surface area contributed by atoms with E-state index in [4.69, 9.17) is 11.6 Å². The Labute approximate surface area is 86.8 Å². The number of hydrogen-bond donors (Lipinski definition) is 0. The molecule has 4 nitrogen and oxygen atoms in total. The summed E-state index contributed by atoms with van der Waals surface area (Å²) in [5, 5.41) is 10.2. The molecule has 0 aliphatic carbocycles. The maximum absolute atomic E-state index is 12.9. The lowest BCUT2D eigenvalue weighted by molar-refractivity contribution is -0.388. The molecule has 0 N–H and O–H groups in total. The van der Waals surface area contributed by atoms with E-state index in [0.29, 0.717) is 6.07 Å². The summed E-state index contributed by atoms with van der Waals surface area (Å²) < 4.78 is 37.6. The summed E-state index contributed by atoms with van der Waals surface area (Å²) in [5.74, 6) is -1.85. The van der Waals surface area contributed by atoms with E-state index in [1.807, 2.05) is 0 Å². The van der Waals surface area contributed by atoms with Crippen molar-refractivity contribution < 1.29 is 18.1 Å². The number of aromatic nitrogens is 1. The van der Waals surface area contributed by atoms with Gasteiger partial charge in [0.25, 0.3) is 12.4 Å². The summed E-state index contributed by atoms with van der Waals surface area (Å²) in [7, 11) is 0. The predicted molar refractivity (Wildman–Crippen MR) is 45.4 cm³/mol. The molecule has 1 rings (SSSR count). The third kappa shape index (κ3) is 2.35. The normalized spacial score (nSPS) is 10.7. The SMILES string of the molecule is O=[N+]([O-])c1cc(C(F)F)c(CCl)nc1F. The van der Waals surface area contributed by atoms with E-state index in [2.05, 4.69) is 4.98 Å².